The number of hydrogen-bond acceptors (Lipinski definition) is 6. The average Bonchev–Trinajstić information content (AvgIpc) is 2.65. The Morgan fingerprint density at radius 2 is 1.28 bits per heavy atom. The molecule has 0 aliphatic carbocycles. The first-order chi connectivity index (χ1) is 15.8. The van der Waals surface area contributed by atoms with Crippen LogP contribution in [0.4, 0.5) is 81.6 Å². The van der Waals surface area contributed by atoms with Gasteiger partial charge in [-0.15, -0.1) is 4.91 Å². The first kappa shape index (κ1) is 31.3. The molecule has 0 amide bonds. The molecule has 2 unspecified atom stereocenters. The SMILES string of the molecule is Nc1ccc(N=O)c(OC(F)(F)C(F)OC(F)(F)C(F)(OC(F)(F)C(F)(F)C(F)(F)F)C(F)(F)F)c1. The Kier molecular flexibility index (Phi) is 8.04. The van der Waals surface area contributed by atoms with Gasteiger partial charge in [0.15, 0.2) is 5.75 Å². The van der Waals surface area contributed by atoms with Crippen molar-refractivity contribution < 1.29 is 84.5 Å². The summed E-state index contributed by atoms with van der Waals surface area (Å²) in [4.78, 5) is 10.5. The smallest absolute Gasteiger partial charge is 0.426 e. The monoisotopic (exact) mass is 570 g/mol. The summed E-state index contributed by atoms with van der Waals surface area (Å²) in [5, 5.41) is 2.03. The molecule has 2 N–H and O–H groups in total. The molecule has 0 aliphatic rings. The van der Waals surface area contributed by atoms with E-state index in [2.05, 4.69) is 9.47 Å². The summed E-state index contributed by atoms with van der Waals surface area (Å²) in [5.74, 6) is -17.2. The second-order valence-electron chi connectivity index (χ2n) is 6.22. The minimum atomic E-state index is -7.81. The zero-order valence-electron chi connectivity index (χ0n) is 16.0. The Balaban J connectivity index is 3.40. The highest BCUT2D eigenvalue weighted by atomic mass is 19.4. The molecule has 0 saturated carbocycles. The van der Waals surface area contributed by atoms with Gasteiger partial charge in [0, 0.05) is 11.8 Å². The van der Waals surface area contributed by atoms with Gasteiger partial charge in [-0.3, -0.25) is 9.47 Å². The van der Waals surface area contributed by atoms with Gasteiger partial charge in [-0.1, -0.05) is 0 Å². The summed E-state index contributed by atoms with van der Waals surface area (Å²) >= 11 is 0. The lowest BCUT2D eigenvalue weighted by Gasteiger charge is -2.38. The fourth-order valence-corrected chi connectivity index (χ4v) is 1.84. The maximum atomic E-state index is 13.9. The number of halogens is 16. The number of benzene rings is 1. The van der Waals surface area contributed by atoms with Crippen LogP contribution in [0.3, 0.4) is 0 Å². The fraction of sp³-hybridized carbons (Fsp3) is 0.571. The number of nitrogen functional groups attached to an aromatic ring is 1. The number of hydrogen-bond donors (Lipinski definition) is 1. The molecule has 0 spiro atoms. The minimum absolute atomic E-state index is 0.244. The van der Waals surface area contributed by atoms with Gasteiger partial charge in [0.25, 0.3) is 0 Å². The summed E-state index contributed by atoms with van der Waals surface area (Å²) < 4.78 is 215. The van der Waals surface area contributed by atoms with Crippen LogP contribution in [0.5, 0.6) is 5.75 Å². The molecule has 0 aliphatic heterocycles. The minimum Gasteiger partial charge on any atom is -0.426 e. The summed E-state index contributed by atoms with van der Waals surface area (Å²) in [5.41, 5.74) is 3.36. The van der Waals surface area contributed by atoms with Crippen LogP contribution < -0.4 is 10.5 Å². The van der Waals surface area contributed by atoms with Gasteiger partial charge in [0.05, 0.1) is 0 Å². The Bertz CT molecular complexity index is 950. The Morgan fingerprint density at radius 3 is 1.69 bits per heavy atom. The lowest BCUT2D eigenvalue weighted by atomic mass is 10.2. The molecule has 2 atom stereocenters. The van der Waals surface area contributed by atoms with Crippen LogP contribution in [0.1, 0.15) is 0 Å². The fourth-order valence-electron chi connectivity index (χ4n) is 1.84. The van der Waals surface area contributed by atoms with Gasteiger partial charge in [-0.05, 0) is 17.3 Å². The third-order valence-corrected chi connectivity index (χ3v) is 3.57. The van der Waals surface area contributed by atoms with Gasteiger partial charge < -0.3 is 10.5 Å². The Labute approximate surface area is 185 Å². The van der Waals surface area contributed by atoms with E-state index >= 15 is 0 Å². The topological polar surface area (TPSA) is 83.1 Å². The van der Waals surface area contributed by atoms with E-state index in [4.69, 9.17) is 5.73 Å². The molecule has 1 aromatic carbocycles. The van der Waals surface area contributed by atoms with Crippen molar-refractivity contribution in [2.24, 2.45) is 5.18 Å². The molecule has 36 heavy (non-hydrogen) atoms. The van der Waals surface area contributed by atoms with E-state index in [1.807, 2.05) is 5.18 Å². The number of ether oxygens (including phenoxy) is 3. The number of nitroso groups, excluding NO2 is 1. The molecular weight excluding hydrogens is 564 g/mol. The maximum Gasteiger partial charge on any atom is 0.462 e. The highest BCUT2D eigenvalue weighted by Gasteiger charge is 2.84. The van der Waals surface area contributed by atoms with Crippen molar-refractivity contribution in [1.29, 1.82) is 0 Å². The molecule has 0 heterocycles. The quantitative estimate of drug-likeness (QED) is 0.195. The van der Waals surface area contributed by atoms with E-state index in [0.717, 1.165) is 6.07 Å². The van der Waals surface area contributed by atoms with Crippen LogP contribution in [0.25, 0.3) is 0 Å². The lowest BCUT2D eigenvalue weighted by Crippen LogP contribution is -2.66. The summed E-state index contributed by atoms with van der Waals surface area (Å²) in [6.45, 7) is 0. The predicted octanol–water partition coefficient (Wildman–Crippen LogP) is 6.58. The van der Waals surface area contributed by atoms with E-state index in [1.165, 1.54) is 4.74 Å². The normalized spacial score (nSPS) is 16.9. The molecule has 6 nitrogen and oxygen atoms in total. The van der Waals surface area contributed by atoms with Crippen LogP contribution in [-0.2, 0) is 9.47 Å². The second-order valence-corrected chi connectivity index (χ2v) is 6.22. The van der Waals surface area contributed by atoms with Crippen molar-refractivity contribution in [3.05, 3.63) is 23.1 Å². The number of rotatable bonds is 10. The van der Waals surface area contributed by atoms with Crippen molar-refractivity contribution in [3.63, 3.8) is 0 Å². The van der Waals surface area contributed by atoms with Crippen molar-refractivity contribution >= 4 is 11.4 Å². The molecule has 22 heteroatoms. The van der Waals surface area contributed by atoms with Crippen LogP contribution in [0.15, 0.2) is 23.4 Å². The summed E-state index contributed by atoms with van der Waals surface area (Å²) in [6.07, 6.45) is -42.0. The highest BCUT2D eigenvalue weighted by Crippen LogP contribution is 2.55. The third kappa shape index (κ3) is 5.78. The van der Waals surface area contributed by atoms with E-state index in [0.29, 0.717) is 6.07 Å². The van der Waals surface area contributed by atoms with Crippen LogP contribution in [-0.4, -0.2) is 48.8 Å². The van der Waals surface area contributed by atoms with Crippen molar-refractivity contribution in [1.82, 2.24) is 0 Å². The highest BCUT2D eigenvalue weighted by molar-refractivity contribution is 5.59. The van der Waals surface area contributed by atoms with Crippen LogP contribution in [0.2, 0.25) is 0 Å². The lowest BCUT2D eigenvalue weighted by molar-refractivity contribution is -0.543. The van der Waals surface area contributed by atoms with Crippen molar-refractivity contribution in [2.45, 2.75) is 48.8 Å². The van der Waals surface area contributed by atoms with E-state index in [-0.39, 0.29) is 6.07 Å². The van der Waals surface area contributed by atoms with Crippen LogP contribution >= 0.6 is 0 Å². The predicted molar refractivity (Wildman–Crippen MR) is 79.7 cm³/mol. The first-order valence-corrected chi connectivity index (χ1v) is 8.03. The molecule has 1 rings (SSSR count). The molecule has 1 aromatic rings. The molecule has 208 valence electrons. The van der Waals surface area contributed by atoms with E-state index in [9.17, 15) is 75.2 Å². The molecule has 0 fully saturated rings. The van der Waals surface area contributed by atoms with Crippen molar-refractivity contribution in [2.75, 3.05) is 5.73 Å². The van der Waals surface area contributed by atoms with Gasteiger partial charge in [0.2, 0.25) is 0 Å². The number of alkyl halides is 16. The standard InChI is InChI=1S/C14H6F16N2O4/c15-7(8(16,17)34-6-3-4(31)1-2-5(6)32-33)35-14(29,30)10(20,12(24,25)26)36-13(27,28)9(18,19)11(21,22)23/h1-3,7H,31H2. The largest absolute Gasteiger partial charge is 0.462 e. The average molecular weight is 570 g/mol. The summed E-state index contributed by atoms with van der Waals surface area (Å²) in [6, 6.07) is 1.53. The zero-order valence-corrected chi connectivity index (χ0v) is 16.0. The Morgan fingerprint density at radius 1 is 0.778 bits per heavy atom. The number of nitrogens with zero attached hydrogens (tertiary/aromatic N) is 1. The first-order valence-electron chi connectivity index (χ1n) is 8.03. The number of anilines is 1. The molecule has 0 radical (unpaired) electrons. The van der Waals surface area contributed by atoms with Gasteiger partial charge in [-0.25, -0.2) is 4.39 Å². The van der Waals surface area contributed by atoms with Gasteiger partial charge in [-0.2, -0.15) is 65.9 Å². The molecule has 0 aromatic heterocycles. The summed E-state index contributed by atoms with van der Waals surface area (Å²) in [7, 11) is 0. The van der Waals surface area contributed by atoms with Crippen LogP contribution in [0, 0.1) is 4.91 Å². The van der Waals surface area contributed by atoms with Gasteiger partial charge >= 0.3 is 48.8 Å². The van der Waals surface area contributed by atoms with E-state index in [1.54, 1.807) is 0 Å². The second kappa shape index (κ2) is 9.27. The molecule has 0 bridgehead atoms. The molecular formula is C14H6F16N2O4. The Hall–Kier alpha value is -2.78. The van der Waals surface area contributed by atoms with E-state index < -0.39 is 65.9 Å². The molecule has 0 saturated heterocycles. The van der Waals surface area contributed by atoms with Gasteiger partial charge in [0.1, 0.15) is 5.69 Å². The zero-order chi connectivity index (χ0) is 28.8. The number of nitrogens with two attached hydrogens (primary N) is 1. The third-order valence-electron chi connectivity index (χ3n) is 3.57. The maximum absolute atomic E-state index is 13.9. The van der Waals surface area contributed by atoms with Crippen molar-refractivity contribution in [3.8, 4) is 5.75 Å².